The number of rotatable bonds is 9. The van der Waals surface area contributed by atoms with Gasteiger partial charge in [0.15, 0.2) is 11.5 Å². The van der Waals surface area contributed by atoms with Crippen LogP contribution in [0.3, 0.4) is 0 Å². The molecule has 166 valence electrons. The second-order valence-electron chi connectivity index (χ2n) is 8.25. The lowest BCUT2D eigenvalue weighted by molar-refractivity contribution is 0.170. The molecule has 2 heterocycles. The van der Waals surface area contributed by atoms with Crippen molar-refractivity contribution in [3.63, 3.8) is 0 Å². The summed E-state index contributed by atoms with van der Waals surface area (Å²) >= 11 is 0. The first kappa shape index (κ1) is 21.6. The maximum atomic E-state index is 6.08. The summed E-state index contributed by atoms with van der Waals surface area (Å²) in [5.41, 5.74) is 5.61. The molecule has 1 aromatic carbocycles. The molecule has 0 amide bonds. The van der Waals surface area contributed by atoms with Crippen LogP contribution in [0.1, 0.15) is 49.7 Å². The van der Waals surface area contributed by atoms with E-state index in [9.17, 15) is 0 Å². The molecule has 31 heavy (non-hydrogen) atoms. The average Bonchev–Trinajstić information content (AvgIpc) is 3.26. The molecule has 0 N–H and O–H groups in total. The van der Waals surface area contributed by atoms with Gasteiger partial charge >= 0.3 is 0 Å². The SMILES string of the molecule is C=C1C=C2c3cc(OC)c(OCCCOC)cc3C3CCCC3N2C=C1C(=C)OCC. The largest absolute Gasteiger partial charge is 0.494 e. The Hall–Kier alpha value is -2.66. The van der Waals surface area contributed by atoms with E-state index in [2.05, 4.69) is 42.5 Å². The van der Waals surface area contributed by atoms with E-state index < -0.39 is 0 Å². The molecule has 1 fully saturated rings. The van der Waals surface area contributed by atoms with E-state index in [-0.39, 0.29) is 0 Å². The summed E-state index contributed by atoms with van der Waals surface area (Å²) in [7, 11) is 3.40. The normalized spacial score (nSPS) is 21.5. The highest BCUT2D eigenvalue weighted by Crippen LogP contribution is 2.52. The predicted octanol–water partition coefficient (Wildman–Crippen LogP) is 5.41. The Morgan fingerprint density at radius 3 is 2.74 bits per heavy atom. The summed E-state index contributed by atoms with van der Waals surface area (Å²) in [6.45, 7) is 12.3. The van der Waals surface area contributed by atoms with Crippen molar-refractivity contribution < 1.29 is 18.9 Å². The van der Waals surface area contributed by atoms with Gasteiger partial charge in [-0.3, -0.25) is 0 Å². The zero-order chi connectivity index (χ0) is 22.0. The number of nitrogens with zero attached hydrogens (tertiary/aromatic N) is 1. The minimum Gasteiger partial charge on any atom is -0.494 e. The van der Waals surface area contributed by atoms with Crippen LogP contribution in [0.15, 0.2) is 54.5 Å². The van der Waals surface area contributed by atoms with Gasteiger partial charge in [-0.1, -0.05) is 19.6 Å². The van der Waals surface area contributed by atoms with Gasteiger partial charge in [0.25, 0.3) is 0 Å². The first-order chi connectivity index (χ1) is 15.1. The molecule has 0 saturated heterocycles. The first-order valence-corrected chi connectivity index (χ1v) is 11.2. The smallest absolute Gasteiger partial charge is 0.161 e. The van der Waals surface area contributed by atoms with Gasteiger partial charge in [0.1, 0.15) is 5.76 Å². The van der Waals surface area contributed by atoms with Crippen LogP contribution in [0.4, 0.5) is 0 Å². The van der Waals surface area contributed by atoms with E-state index >= 15 is 0 Å². The highest BCUT2D eigenvalue weighted by molar-refractivity contribution is 5.79. The highest BCUT2D eigenvalue weighted by atomic mass is 16.5. The lowest BCUT2D eigenvalue weighted by Gasteiger charge is -2.43. The Bertz CT molecular complexity index is 930. The fraction of sp³-hybridized carbons (Fsp3) is 0.462. The number of methoxy groups -OCH3 is 2. The number of benzene rings is 1. The van der Waals surface area contributed by atoms with Gasteiger partial charge in [0, 0.05) is 55.1 Å². The van der Waals surface area contributed by atoms with Crippen molar-refractivity contribution >= 4 is 5.70 Å². The summed E-state index contributed by atoms with van der Waals surface area (Å²) in [5, 5.41) is 0. The first-order valence-electron chi connectivity index (χ1n) is 11.2. The van der Waals surface area contributed by atoms with Crippen LogP contribution in [0.5, 0.6) is 11.5 Å². The molecule has 5 heteroatoms. The summed E-state index contributed by atoms with van der Waals surface area (Å²) in [5.74, 6) is 2.71. The molecule has 2 aliphatic heterocycles. The Labute approximate surface area is 185 Å². The van der Waals surface area contributed by atoms with E-state index in [0.29, 0.717) is 37.5 Å². The third kappa shape index (κ3) is 3.99. The molecule has 2 unspecified atom stereocenters. The zero-order valence-electron chi connectivity index (χ0n) is 18.9. The van der Waals surface area contributed by atoms with Gasteiger partial charge in [-0.05, 0) is 49.1 Å². The molecular weight excluding hydrogens is 390 g/mol. The van der Waals surface area contributed by atoms with Gasteiger partial charge in [-0.15, -0.1) is 0 Å². The third-order valence-corrected chi connectivity index (χ3v) is 6.42. The summed E-state index contributed by atoms with van der Waals surface area (Å²) in [6.07, 6.45) is 8.74. The summed E-state index contributed by atoms with van der Waals surface area (Å²) in [4.78, 5) is 2.41. The molecule has 1 aliphatic carbocycles. The van der Waals surface area contributed by atoms with Crippen LogP contribution in [0, 0.1) is 0 Å². The van der Waals surface area contributed by atoms with Crippen molar-refractivity contribution in [3.8, 4) is 11.5 Å². The molecule has 1 saturated carbocycles. The minimum absolute atomic E-state index is 0.422. The molecular formula is C26H33NO4. The molecule has 4 rings (SSSR count). The zero-order valence-corrected chi connectivity index (χ0v) is 18.9. The third-order valence-electron chi connectivity index (χ3n) is 6.42. The van der Waals surface area contributed by atoms with Gasteiger partial charge in [0.2, 0.25) is 0 Å². The molecule has 1 aromatic rings. The van der Waals surface area contributed by atoms with Crippen molar-refractivity contribution in [2.75, 3.05) is 34.0 Å². The van der Waals surface area contributed by atoms with Crippen LogP contribution in [0.25, 0.3) is 5.70 Å². The monoisotopic (exact) mass is 423 g/mol. The molecule has 0 aromatic heterocycles. The van der Waals surface area contributed by atoms with E-state index in [1.165, 1.54) is 29.7 Å². The minimum atomic E-state index is 0.422. The topological polar surface area (TPSA) is 40.2 Å². The van der Waals surface area contributed by atoms with Crippen molar-refractivity contribution in [2.45, 2.75) is 44.6 Å². The standard InChI is InChI=1S/C26H33NO4/c1-6-30-18(3)22-16-27-23-10-7-9-19(23)20-14-26(31-12-8-11-28-4)25(29-5)15-21(20)24(27)13-17(22)2/h13-16,19,23H,2-3,6-12H2,1,4-5H3. The lowest BCUT2D eigenvalue weighted by Crippen LogP contribution is -2.38. The molecule has 0 spiro atoms. The number of fused-ring (bicyclic) bond motifs is 6. The van der Waals surface area contributed by atoms with E-state index in [1.54, 1.807) is 14.2 Å². The second kappa shape index (κ2) is 9.23. The van der Waals surface area contributed by atoms with Crippen LogP contribution in [-0.4, -0.2) is 45.0 Å². The Morgan fingerprint density at radius 1 is 1.16 bits per heavy atom. The lowest BCUT2D eigenvalue weighted by atomic mass is 9.81. The predicted molar refractivity (Wildman–Crippen MR) is 123 cm³/mol. The fourth-order valence-corrected chi connectivity index (χ4v) is 5.00. The Kier molecular flexibility index (Phi) is 6.42. The molecule has 2 atom stereocenters. The van der Waals surface area contributed by atoms with Gasteiger partial charge in [-0.2, -0.15) is 0 Å². The van der Waals surface area contributed by atoms with E-state index in [4.69, 9.17) is 18.9 Å². The Balaban J connectivity index is 1.73. The Morgan fingerprint density at radius 2 is 2.00 bits per heavy atom. The van der Waals surface area contributed by atoms with Crippen molar-refractivity contribution in [1.29, 1.82) is 0 Å². The molecule has 0 radical (unpaired) electrons. The van der Waals surface area contributed by atoms with Crippen molar-refractivity contribution in [1.82, 2.24) is 4.90 Å². The number of ether oxygens (including phenoxy) is 4. The molecule has 0 bridgehead atoms. The van der Waals surface area contributed by atoms with Crippen LogP contribution < -0.4 is 9.47 Å². The molecule has 5 nitrogen and oxygen atoms in total. The van der Waals surface area contributed by atoms with Crippen LogP contribution >= 0.6 is 0 Å². The average molecular weight is 424 g/mol. The van der Waals surface area contributed by atoms with Crippen LogP contribution in [0.2, 0.25) is 0 Å². The maximum absolute atomic E-state index is 6.08. The van der Waals surface area contributed by atoms with Gasteiger partial charge < -0.3 is 23.8 Å². The van der Waals surface area contributed by atoms with Crippen molar-refractivity contribution in [3.05, 3.63) is 65.6 Å². The maximum Gasteiger partial charge on any atom is 0.161 e. The van der Waals surface area contributed by atoms with E-state index in [0.717, 1.165) is 35.5 Å². The van der Waals surface area contributed by atoms with Gasteiger partial charge in [-0.25, -0.2) is 0 Å². The summed E-state index contributed by atoms with van der Waals surface area (Å²) < 4.78 is 22.6. The summed E-state index contributed by atoms with van der Waals surface area (Å²) in [6, 6.07) is 4.74. The highest BCUT2D eigenvalue weighted by Gasteiger charge is 2.42. The fourth-order valence-electron chi connectivity index (χ4n) is 5.00. The number of hydrogen-bond acceptors (Lipinski definition) is 5. The number of allylic oxidation sites excluding steroid dienone is 2. The van der Waals surface area contributed by atoms with Crippen LogP contribution in [-0.2, 0) is 9.47 Å². The second-order valence-corrected chi connectivity index (χ2v) is 8.25. The quantitative estimate of drug-likeness (QED) is 0.392. The number of hydrogen-bond donors (Lipinski definition) is 0. The van der Waals surface area contributed by atoms with E-state index in [1.807, 2.05) is 6.92 Å². The molecule has 3 aliphatic rings. The van der Waals surface area contributed by atoms with Gasteiger partial charge in [0.05, 0.1) is 20.3 Å². The van der Waals surface area contributed by atoms with Crippen molar-refractivity contribution in [2.24, 2.45) is 0 Å².